The Hall–Kier alpha value is -7.49. The van der Waals surface area contributed by atoms with Crippen molar-refractivity contribution in [3.63, 3.8) is 0 Å². The van der Waals surface area contributed by atoms with Gasteiger partial charge in [-0.05, 0) is 63.7 Å². The third kappa shape index (κ3) is 4.37. The summed E-state index contributed by atoms with van der Waals surface area (Å²) < 4.78 is 4.92. The van der Waals surface area contributed by atoms with Gasteiger partial charge in [0.15, 0.2) is 0 Å². The zero-order valence-electron chi connectivity index (χ0n) is 30.4. The van der Waals surface area contributed by atoms with Crippen LogP contribution in [0.15, 0.2) is 200 Å². The van der Waals surface area contributed by atoms with Crippen LogP contribution >= 0.6 is 0 Å². The molecule has 3 nitrogen and oxygen atoms in total. The van der Waals surface area contributed by atoms with Crippen molar-refractivity contribution in [2.45, 2.75) is 0 Å². The summed E-state index contributed by atoms with van der Waals surface area (Å²) in [5.74, 6) is 0.892. The van der Waals surface area contributed by atoms with Crippen molar-refractivity contribution in [3.05, 3.63) is 200 Å². The molecule has 0 unspecified atom stereocenters. The van der Waals surface area contributed by atoms with E-state index < -0.39 is 0 Å². The lowest BCUT2D eigenvalue weighted by atomic mass is 9.90. The number of fused-ring (bicyclic) bond motifs is 15. The first-order chi connectivity index (χ1) is 27.8. The van der Waals surface area contributed by atoms with Gasteiger partial charge in [0.05, 0.1) is 27.8 Å². The SMILES string of the molecule is c1ccc(-c2cc(-c3ccccc3)nc(-n3c4ccccc4c4c5ccccc5c5c6c7ccccc7n(-c7ccccc7)c6c6ccccc6c5c43)c2)cc1. The molecule has 56 heavy (non-hydrogen) atoms. The van der Waals surface area contributed by atoms with Gasteiger partial charge in [-0.25, -0.2) is 4.98 Å². The molecular weight excluding hydrogens is 679 g/mol. The van der Waals surface area contributed by atoms with Crippen LogP contribution in [-0.4, -0.2) is 14.1 Å². The number of hydrogen-bond acceptors (Lipinski definition) is 1. The molecule has 260 valence electrons. The summed E-state index contributed by atoms with van der Waals surface area (Å²) in [6.45, 7) is 0. The third-order valence-corrected chi connectivity index (χ3v) is 11.6. The molecule has 0 saturated heterocycles. The number of rotatable bonds is 4. The third-order valence-electron chi connectivity index (χ3n) is 11.6. The molecule has 3 aromatic heterocycles. The van der Waals surface area contributed by atoms with Gasteiger partial charge in [-0.1, -0.05) is 164 Å². The largest absolute Gasteiger partial charge is 0.309 e. The summed E-state index contributed by atoms with van der Waals surface area (Å²) in [4.78, 5) is 5.55. The highest BCUT2D eigenvalue weighted by Crippen LogP contribution is 2.50. The van der Waals surface area contributed by atoms with Crippen LogP contribution in [0.3, 0.4) is 0 Å². The van der Waals surface area contributed by atoms with E-state index in [0.717, 1.165) is 39.4 Å². The Labute approximate surface area is 322 Å². The maximum absolute atomic E-state index is 5.55. The van der Waals surface area contributed by atoms with Gasteiger partial charge in [0.2, 0.25) is 0 Å². The second kappa shape index (κ2) is 12.0. The predicted molar refractivity (Wildman–Crippen MR) is 236 cm³/mol. The molecule has 0 atom stereocenters. The van der Waals surface area contributed by atoms with Crippen LogP contribution < -0.4 is 0 Å². The average Bonchev–Trinajstić information content (AvgIpc) is 3.81. The molecule has 9 aromatic carbocycles. The van der Waals surface area contributed by atoms with E-state index in [1.165, 1.54) is 70.4 Å². The van der Waals surface area contributed by atoms with Crippen LogP contribution in [0.2, 0.25) is 0 Å². The zero-order valence-corrected chi connectivity index (χ0v) is 30.4. The Morgan fingerprint density at radius 3 is 1.43 bits per heavy atom. The normalized spacial score (nSPS) is 11.9. The Bertz CT molecular complexity index is 3450. The number of para-hydroxylation sites is 3. The molecule has 3 heteroatoms. The van der Waals surface area contributed by atoms with Crippen LogP contribution in [0.5, 0.6) is 0 Å². The molecule has 0 spiro atoms. The van der Waals surface area contributed by atoms with Gasteiger partial charge in [0.1, 0.15) is 5.82 Å². The number of aromatic nitrogens is 3. The smallest absolute Gasteiger partial charge is 0.138 e. The van der Waals surface area contributed by atoms with Gasteiger partial charge in [-0.15, -0.1) is 0 Å². The topological polar surface area (TPSA) is 22.8 Å². The van der Waals surface area contributed by atoms with Crippen molar-refractivity contribution < 1.29 is 0 Å². The summed E-state index contributed by atoms with van der Waals surface area (Å²) in [7, 11) is 0. The molecule has 3 heterocycles. The highest BCUT2D eigenvalue weighted by molar-refractivity contribution is 6.44. The van der Waals surface area contributed by atoms with Gasteiger partial charge in [0, 0.05) is 49.0 Å². The summed E-state index contributed by atoms with van der Waals surface area (Å²) in [6.07, 6.45) is 0. The highest BCUT2D eigenvalue weighted by atomic mass is 15.1. The van der Waals surface area contributed by atoms with Gasteiger partial charge in [-0.3, -0.25) is 4.57 Å². The molecule has 0 amide bonds. The fraction of sp³-hybridized carbons (Fsp3) is 0. The molecule has 0 radical (unpaired) electrons. The molecule has 0 aliphatic rings. The second-order valence-electron chi connectivity index (χ2n) is 14.7. The summed E-state index contributed by atoms with van der Waals surface area (Å²) in [5, 5.41) is 12.4. The summed E-state index contributed by atoms with van der Waals surface area (Å²) >= 11 is 0. The monoisotopic (exact) mass is 711 g/mol. The van der Waals surface area contributed by atoms with Gasteiger partial charge in [-0.2, -0.15) is 0 Å². The molecule has 12 aromatic rings. The van der Waals surface area contributed by atoms with E-state index in [9.17, 15) is 0 Å². The number of nitrogens with zero attached hydrogens (tertiary/aromatic N) is 3. The molecule has 0 fully saturated rings. The lowest BCUT2D eigenvalue weighted by Crippen LogP contribution is -2.01. The summed E-state index contributed by atoms with van der Waals surface area (Å²) in [6, 6.07) is 72.4. The Balaban J connectivity index is 1.36. The number of pyridine rings is 1. The molecule has 0 saturated carbocycles. The van der Waals surface area contributed by atoms with Crippen molar-refractivity contribution in [3.8, 4) is 33.9 Å². The first kappa shape index (κ1) is 30.9. The van der Waals surface area contributed by atoms with Crippen LogP contribution in [0.25, 0.3) is 110 Å². The van der Waals surface area contributed by atoms with Crippen LogP contribution in [0.4, 0.5) is 0 Å². The first-order valence-corrected chi connectivity index (χ1v) is 19.2. The maximum Gasteiger partial charge on any atom is 0.138 e. The lowest BCUT2D eigenvalue weighted by Gasteiger charge is -2.17. The molecule has 12 rings (SSSR count). The Morgan fingerprint density at radius 2 is 0.768 bits per heavy atom. The van der Waals surface area contributed by atoms with E-state index in [1.54, 1.807) is 0 Å². The van der Waals surface area contributed by atoms with Crippen molar-refractivity contribution in [1.82, 2.24) is 14.1 Å². The molecule has 0 N–H and O–H groups in total. The minimum atomic E-state index is 0.892. The molecule has 0 aliphatic heterocycles. The predicted octanol–water partition coefficient (Wildman–Crippen LogP) is 14.1. The van der Waals surface area contributed by atoms with Crippen LogP contribution in [-0.2, 0) is 0 Å². The minimum absolute atomic E-state index is 0.892. The number of benzene rings is 9. The highest BCUT2D eigenvalue weighted by Gasteiger charge is 2.26. The van der Waals surface area contributed by atoms with E-state index >= 15 is 0 Å². The first-order valence-electron chi connectivity index (χ1n) is 19.2. The quantitative estimate of drug-likeness (QED) is 0.167. The Kier molecular flexibility index (Phi) is 6.63. The Morgan fingerprint density at radius 1 is 0.304 bits per heavy atom. The lowest BCUT2D eigenvalue weighted by molar-refractivity contribution is 1.09. The van der Waals surface area contributed by atoms with Gasteiger partial charge >= 0.3 is 0 Å². The van der Waals surface area contributed by atoms with Crippen molar-refractivity contribution in [2.75, 3.05) is 0 Å². The van der Waals surface area contributed by atoms with Crippen molar-refractivity contribution in [1.29, 1.82) is 0 Å². The fourth-order valence-corrected chi connectivity index (χ4v) is 9.37. The van der Waals surface area contributed by atoms with Gasteiger partial charge < -0.3 is 4.57 Å². The molecule has 0 bridgehead atoms. The average molecular weight is 712 g/mol. The minimum Gasteiger partial charge on any atom is -0.309 e. The molecular formula is C53H33N3. The fourth-order valence-electron chi connectivity index (χ4n) is 9.37. The van der Waals surface area contributed by atoms with E-state index in [-0.39, 0.29) is 0 Å². The van der Waals surface area contributed by atoms with Gasteiger partial charge in [0.25, 0.3) is 0 Å². The van der Waals surface area contributed by atoms with Crippen LogP contribution in [0.1, 0.15) is 0 Å². The van der Waals surface area contributed by atoms with Crippen molar-refractivity contribution >= 4 is 75.9 Å². The second-order valence-corrected chi connectivity index (χ2v) is 14.7. The van der Waals surface area contributed by atoms with Crippen LogP contribution in [0, 0.1) is 0 Å². The van der Waals surface area contributed by atoms with E-state index in [1.807, 2.05) is 0 Å². The van der Waals surface area contributed by atoms with Crippen molar-refractivity contribution in [2.24, 2.45) is 0 Å². The maximum atomic E-state index is 5.55. The zero-order chi connectivity index (χ0) is 36.7. The standard InChI is InChI=1S/C53H33N3/c1-4-18-34(19-5-1)36-32-44(35-20-6-2-7-21-35)54-47(33-36)56-46-31-17-14-28-42(46)48-38-24-10-11-25-39(38)49-50(53(48)56)40-26-12-13-27-41(40)52-51(49)43-29-15-16-30-45(43)55(52)37-22-8-3-9-23-37/h1-33H. The number of hydrogen-bond donors (Lipinski definition) is 0. The van der Waals surface area contributed by atoms with E-state index in [4.69, 9.17) is 4.98 Å². The van der Waals surface area contributed by atoms with E-state index in [0.29, 0.717) is 0 Å². The summed E-state index contributed by atoms with van der Waals surface area (Å²) in [5.41, 5.74) is 10.2. The van der Waals surface area contributed by atoms with E-state index in [2.05, 4.69) is 209 Å². The molecule has 0 aliphatic carbocycles.